The van der Waals surface area contributed by atoms with Crippen molar-refractivity contribution in [2.24, 2.45) is 0 Å². The molecule has 0 aliphatic heterocycles. The quantitative estimate of drug-likeness (QED) is 0.204. The van der Waals surface area contributed by atoms with Gasteiger partial charge in [0.05, 0.1) is 13.2 Å². The molecule has 2 N–H and O–H groups in total. The van der Waals surface area contributed by atoms with Crippen molar-refractivity contribution in [2.75, 3.05) is 19.8 Å². The molecule has 1 rings (SSSR count). The van der Waals surface area contributed by atoms with Crippen LogP contribution in [0.3, 0.4) is 0 Å². The van der Waals surface area contributed by atoms with E-state index in [0.29, 0.717) is 5.57 Å². The average molecular weight is 421 g/mol. The van der Waals surface area contributed by atoms with Gasteiger partial charge in [0.2, 0.25) is 0 Å². The Morgan fingerprint density at radius 2 is 1.53 bits per heavy atom. The van der Waals surface area contributed by atoms with Crippen LogP contribution in [0.5, 0.6) is 5.75 Å². The Morgan fingerprint density at radius 1 is 0.967 bits per heavy atom. The molecular formula is C25H40O5. The molecule has 0 spiro atoms. The maximum Gasteiger partial charge on any atom is 0.333 e. The van der Waals surface area contributed by atoms with E-state index in [1.54, 1.807) is 13.0 Å². The van der Waals surface area contributed by atoms with Crippen LogP contribution >= 0.6 is 0 Å². The van der Waals surface area contributed by atoms with E-state index in [1.807, 2.05) is 24.3 Å². The zero-order chi connectivity index (χ0) is 22.0. The van der Waals surface area contributed by atoms with Crippen LogP contribution in [0.4, 0.5) is 0 Å². The van der Waals surface area contributed by atoms with Gasteiger partial charge in [0, 0.05) is 5.57 Å². The number of hydrogen-bond donors (Lipinski definition) is 2. The summed E-state index contributed by atoms with van der Waals surface area (Å²) in [5.41, 5.74) is 1.30. The molecule has 170 valence electrons. The second-order valence-electron chi connectivity index (χ2n) is 7.86. The summed E-state index contributed by atoms with van der Waals surface area (Å²) in [5, 5.41) is 18.0. The maximum atomic E-state index is 11.9. The molecule has 1 unspecified atom stereocenters. The third-order valence-corrected chi connectivity index (χ3v) is 4.97. The summed E-state index contributed by atoms with van der Waals surface area (Å²) in [4.78, 5) is 11.9. The molecule has 0 aromatic heterocycles. The van der Waals surface area contributed by atoms with Crippen LogP contribution in [0, 0.1) is 0 Å². The molecule has 1 atom stereocenters. The van der Waals surface area contributed by atoms with Crippen molar-refractivity contribution >= 4 is 12.0 Å². The lowest BCUT2D eigenvalue weighted by atomic mass is 10.1. The summed E-state index contributed by atoms with van der Waals surface area (Å²) in [5.74, 6) is 0.318. The summed E-state index contributed by atoms with van der Waals surface area (Å²) in [6, 6.07) is 7.59. The van der Waals surface area contributed by atoms with E-state index in [4.69, 9.17) is 14.6 Å². The monoisotopic (exact) mass is 420 g/mol. The lowest BCUT2D eigenvalue weighted by Gasteiger charge is -2.09. The van der Waals surface area contributed by atoms with Crippen molar-refractivity contribution in [3.63, 3.8) is 0 Å². The molecule has 0 aliphatic rings. The number of unbranched alkanes of at least 4 members (excludes halogenated alkanes) is 9. The van der Waals surface area contributed by atoms with Gasteiger partial charge in [-0.25, -0.2) is 4.79 Å². The molecule has 0 aliphatic carbocycles. The van der Waals surface area contributed by atoms with E-state index in [9.17, 15) is 9.90 Å². The Hall–Kier alpha value is -1.85. The summed E-state index contributed by atoms with van der Waals surface area (Å²) < 4.78 is 10.7. The number of carbonyl (C=O) groups is 1. The van der Waals surface area contributed by atoms with Gasteiger partial charge in [-0.2, -0.15) is 0 Å². The number of carbonyl (C=O) groups excluding carboxylic acids is 1. The maximum absolute atomic E-state index is 11.9. The summed E-state index contributed by atoms with van der Waals surface area (Å²) in [7, 11) is 0. The molecule has 0 amide bonds. The second kappa shape index (κ2) is 16.9. The van der Waals surface area contributed by atoms with Gasteiger partial charge in [0.25, 0.3) is 0 Å². The summed E-state index contributed by atoms with van der Waals surface area (Å²) >= 11 is 0. The fourth-order valence-corrected chi connectivity index (χ4v) is 3.09. The first-order valence-electron chi connectivity index (χ1n) is 11.4. The Kier molecular flexibility index (Phi) is 14.7. The van der Waals surface area contributed by atoms with Crippen molar-refractivity contribution in [1.82, 2.24) is 0 Å². The number of benzene rings is 1. The third kappa shape index (κ3) is 12.7. The zero-order valence-corrected chi connectivity index (χ0v) is 18.8. The minimum absolute atomic E-state index is 0.216. The molecule has 1 aromatic rings. The minimum Gasteiger partial charge on any atom is -0.494 e. The lowest BCUT2D eigenvalue weighted by molar-refractivity contribution is -0.142. The van der Waals surface area contributed by atoms with Crippen LogP contribution in [0.2, 0.25) is 0 Å². The number of aliphatic hydroxyl groups is 2. The van der Waals surface area contributed by atoms with Gasteiger partial charge in [-0.15, -0.1) is 0 Å². The number of ether oxygens (including phenoxy) is 2. The highest BCUT2D eigenvalue weighted by Gasteiger charge is 2.09. The predicted octanol–water partition coefficient (Wildman–Crippen LogP) is 5.29. The van der Waals surface area contributed by atoms with Gasteiger partial charge in [-0.05, 0) is 37.1 Å². The molecule has 0 radical (unpaired) electrons. The van der Waals surface area contributed by atoms with E-state index >= 15 is 0 Å². The van der Waals surface area contributed by atoms with Gasteiger partial charge in [-0.3, -0.25) is 0 Å². The SMILES string of the molecule is CCCCCCCCCCCCOc1ccc(/C=C(\C)C(=O)OCC(O)CO)cc1. The molecule has 0 saturated heterocycles. The molecule has 5 nitrogen and oxygen atoms in total. The van der Waals surface area contributed by atoms with Crippen LogP contribution in [-0.4, -0.2) is 42.1 Å². The van der Waals surface area contributed by atoms with Crippen LogP contribution in [0.25, 0.3) is 6.08 Å². The Bertz CT molecular complexity index is 594. The average Bonchev–Trinajstić information content (AvgIpc) is 2.76. The standard InChI is InChI=1S/C25H40O5/c1-3-4-5-6-7-8-9-10-11-12-17-29-24-15-13-22(14-16-24)18-21(2)25(28)30-20-23(27)19-26/h13-16,18,23,26-27H,3-12,17,19-20H2,1-2H3/b21-18+. The molecular weight excluding hydrogens is 380 g/mol. The fourth-order valence-electron chi connectivity index (χ4n) is 3.09. The topological polar surface area (TPSA) is 76.0 Å². The molecule has 0 saturated carbocycles. The van der Waals surface area contributed by atoms with Crippen molar-refractivity contribution < 1.29 is 24.5 Å². The molecule has 1 aromatic carbocycles. The highest BCUT2D eigenvalue weighted by molar-refractivity contribution is 5.93. The zero-order valence-electron chi connectivity index (χ0n) is 18.8. The number of aliphatic hydroxyl groups excluding tert-OH is 2. The molecule has 30 heavy (non-hydrogen) atoms. The number of rotatable bonds is 17. The number of hydrogen-bond acceptors (Lipinski definition) is 5. The van der Waals surface area contributed by atoms with Crippen molar-refractivity contribution in [1.29, 1.82) is 0 Å². The largest absolute Gasteiger partial charge is 0.494 e. The van der Waals surface area contributed by atoms with Crippen LogP contribution in [0.15, 0.2) is 29.8 Å². The van der Waals surface area contributed by atoms with Gasteiger partial charge < -0.3 is 19.7 Å². The lowest BCUT2D eigenvalue weighted by Crippen LogP contribution is -2.22. The van der Waals surface area contributed by atoms with Crippen molar-refractivity contribution in [2.45, 2.75) is 84.2 Å². The molecule has 0 fully saturated rings. The first kappa shape index (κ1) is 26.2. The Morgan fingerprint density at radius 3 is 2.10 bits per heavy atom. The minimum atomic E-state index is -1.05. The summed E-state index contributed by atoms with van der Waals surface area (Å²) in [6.45, 7) is 3.99. The van der Waals surface area contributed by atoms with Gasteiger partial charge in [0.15, 0.2) is 0 Å². The van der Waals surface area contributed by atoms with Gasteiger partial charge in [-0.1, -0.05) is 76.8 Å². The first-order chi connectivity index (χ1) is 14.6. The Balaban J connectivity index is 2.18. The van der Waals surface area contributed by atoms with E-state index in [0.717, 1.165) is 24.3 Å². The Labute approximate surface area is 182 Å². The fraction of sp³-hybridized carbons (Fsp3) is 0.640. The second-order valence-corrected chi connectivity index (χ2v) is 7.86. The first-order valence-corrected chi connectivity index (χ1v) is 11.4. The van der Waals surface area contributed by atoms with Crippen molar-refractivity contribution in [3.05, 3.63) is 35.4 Å². The van der Waals surface area contributed by atoms with E-state index < -0.39 is 18.7 Å². The van der Waals surface area contributed by atoms with Crippen LogP contribution in [-0.2, 0) is 9.53 Å². The molecule has 0 heterocycles. The van der Waals surface area contributed by atoms with E-state index in [-0.39, 0.29) is 6.61 Å². The normalized spacial score (nSPS) is 12.6. The van der Waals surface area contributed by atoms with E-state index in [1.165, 1.54) is 57.8 Å². The van der Waals surface area contributed by atoms with Crippen LogP contribution in [0.1, 0.15) is 83.6 Å². The van der Waals surface area contributed by atoms with Crippen LogP contribution < -0.4 is 4.74 Å². The van der Waals surface area contributed by atoms with Crippen molar-refractivity contribution in [3.8, 4) is 5.75 Å². The summed E-state index contributed by atoms with van der Waals surface area (Å²) in [6.07, 6.45) is 13.8. The highest BCUT2D eigenvalue weighted by atomic mass is 16.5. The smallest absolute Gasteiger partial charge is 0.333 e. The number of esters is 1. The van der Waals surface area contributed by atoms with Gasteiger partial charge >= 0.3 is 5.97 Å². The van der Waals surface area contributed by atoms with E-state index in [2.05, 4.69) is 6.92 Å². The van der Waals surface area contributed by atoms with Gasteiger partial charge in [0.1, 0.15) is 18.5 Å². The third-order valence-electron chi connectivity index (χ3n) is 4.97. The molecule has 5 heteroatoms. The predicted molar refractivity (Wildman–Crippen MR) is 121 cm³/mol. The molecule has 0 bridgehead atoms. The highest BCUT2D eigenvalue weighted by Crippen LogP contribution is 2.16.